The quantitative estimate of drug-likeness (QED) is 0.773. The summed E-state index contributed by atoms with van der Waals surface area (Å²) in [5.41, 5.74) is 1.06. The first-order valence-corrected chi connectivity index (χ1v) is 9.21. The van der Waals surface area contributed by atoms with E-state index in [-0.39, 0.29) is 12.0 Å². The normalized spacial score (nSPS) is 16.3. The van der Waals surface area contributed by atoms with Crippen LogP contribution < -0.4 is 4.74 Å². The molecule has 1 aromatic carbocycles. The molecule has 0 spiro atoms. The molecule has 1 aliphatic heterocycles. The molecule has 5 nitrogen and oxygen atoms in total. The third kappa shape index (κ3) is 5.19. The number of rotatable bonds is 6. The van der Waals surface area contributed by atoms with Crippen LogP contribution in [0.1, 0.15) is 25.3 Å². The summed E-state index contributed by atoms with van der Waals surface area (Å²) >= 11 is 5.95. The van der Waals surface area contributed by atoms with Crippen LogP contribution in [0.25, 0.3) is 0 Å². The number of carbonyl (C=O) groups is 1. The minimum atomic E-state index is -0.540. The van der Waals surface area contributed by atoms with Gasteiger partial charge < -0.3 is 14.4 Å². The van der Waals surface area contributed by atoms with Crippen LogP contribution in [0.5, 0.6) is 5.75 Å². The molecular formula is C20H23ClN2O3. The van der Waals surface area contributed by atoms with Crippen LogP contribution in [-0.4, -0.2) is 41.1 Å². The fourth-order valence-electron chi connectivity index (χ4n) is 2.99. The summed E-state index contributed by atoms with van der Waals surface area (Å²) in [7, 11) is 0. The topological polar surface area (TPSA) is 51.7 Å². The highest BCUT2D eigenvalue weighted by Gasteiger charge is 2.27. The van der Waals surface area contributed by atoms with Crippen LogP contribution in [0.3, 0.4) is 0 Å². The number of pyridine rings is 1. The van der Waals surface area contributed by atoms with Crippen molar-refractivity contribution in [2.24, 2.45) is 0 Å². The van der Waals surface area contributed by atoms with Crippen LogP contribution in [0.4, 0.5) is 0 Å². The van der Waals surface area contributed by atoms with Crippen molar-refractivity contribution in [1.82, 2.24) is 9.88 Å². The molecule has 0 radical (unpaired) electrons. The van der Waals surface area contributed by atoms with Crippen molar-refractivity contribution in [1.29, 1.82) is 0 Å². The van der Waals surface area contributed by atoms with Crippen LogP contribution in [-0.2, 0) is 16.1 Å². The Balaban J connectivity index is 1.44. The zero-order valence-electron chi connectivity index (χ0n) is 14.8. The summed E-state index contributed by atoms with van der Waals surface area (Å²) in [6.45, 7) is 3.69. The Hall–Kier alpha value is -2.11. The predicted octanol–water partition coefficient (Wildman–Crippen LogP) is 3.71. The minimum Gasteiger partial charge on any atom is -0.481 e. The molecule has 1 fully saturated rings. The molecule has 1 unspecified atom stereocenters. The van der Waals surface area contributed by atoms with E-state index in [2.05, 4.69) is 4.98 Å². The molecule has 1 aromatic heterocycles. The molecule has 1 saturated heterocycles. The van der Waals surface area contributed by atoms with Gasteiger partial charge in [0.25, 0.3) is 5.91 Å². The highest BCUT2D eigenvalue weighted by atomic mass is 35.5. The Morgan fingerprint density at radius 2 is 2.12 bits per heavy atom. The monoisotopic (exact) mass is 374 g/mol. The molecule has 6 heteroatoms. The molecule has 138 valence electrons. The number of halogens is 1. The molecule has 0 saturated carbocycles. The number of amides is 1. The van der Waals surface area contributed by atoms with Crippen molar-refractivity contribution in [2.75, 3.05) is 13.1 Å². The zero-order valence-corrected chi connectivity index (χ0v) is 15.6. The van der Waals surface area contributed by atoms with Crippen molar-refractivity contribution >= 4 is 17.5 Å². The fourth-order valence-corrected chi connectivity index (χ4v) is 3.17. The summed E-state index contributed by atoms with van der Waals surface area (Å²) < 4.78 is 11.7. The van der Waals surface area contributed by atoms with Crippen molar-refractivity contribution < 1.29 is 14.3 Å². The van der Waals surface area contributed by atoms with Crippen molar-refractivity contribution in [3.05, 3.63) is 59.4 Å². The lowest BCUT2D eigenvalue weighted by molar-refractivity contribution is -0.140. The van der Waals surface area contributed by atoms with Crippen LogP contribution >= 0.6 is 11.6 Å². The zero-order chi connectivity index (χ0) is 18.4. The Bertz CT molecular complexity index is 718. The number of carbonyl (C=O) groups excluding carboxylic acids is 1. The standard InChI is InChI=1S/C20H23ClN2O3/c1-15(26-19-6-2-5-17(21)12-19)20(24)23-10-7-18(8-11-23)25-14-16-4-3-9-22-13-16/h2-6,9,12-13,15,18H,7-8,10-11,14H2,1H3. The number of nitrogens with zero attached hydrogens (tertiary/aromatic N) is 2. The van der Waals surface area contributed by atoms with Crippen LogP contribution in [0.15, 0.2) is 48.8 Å². The lowest BCUT2D eigenvalue weighted by atomic mass is 10.1. The lowest BCUT2D eigenvalue weighted by Gasteiger charge is -2.33. The highest BCUT2D eigenvalue weighted by Crippen LogP contribution is 2.20. The van der Waals surface area contributed by atoms with Crippen LogP contribution in [0, 0.1) is 0 Å². The summed E-state index contributed by atoms with van der Waals surface area (Å²) in [5, 5.41) is 0.591. The number of benzene rings is 1. The maximum absolute atomic E-state index is 12.6. The van der Waals surface area contributed by atoms with E-state index in [0.717, 1.165) is 18.4 Å². The summed E-state index contributed by atoms with van der Waals surface area (Å²) in [6, 6.07) is 11.0. The highest BCUT2D eigenvalue weighted by molar-refractivity contribution is 6.30. The second kappa shape index (κ2) is 9.01. The average Bonchev–Trinajstić information content (AvgIpc) is 2.67. The van der Waals surface area contributed by atoms with Gasteiger partial charge in [-0.1, -0.05) is 23.7 Å². The van der Waals surface area contributed by atoms with E-state index in [9.17, 15) is 4.79 Å². The van der Waals surface area contributed by atoms with E-state index in [0.29, 0.717) is 30.5 Å². The number of hydrogen-bond donors (Lipinski definition) is 0. The first kappa shape index (κ1) is 18.7. The maximum atomic E-state index is 12.6. The average molecular weight is 375 g/mol. The van der Waals surface area contributed by atoms with E-state index >= 15 is 0 Å². The molecule has 2 heterocycles. The van der Waals surface area contributed by atoms with Gasteiger partial charge in [0.2, 0.25) is 0 Å². The molecular weight excluding hydrogens is 352 g/mol. The molecule has 0 aliphatic carbocycles. The Morgan fingerprint density at radius 1 is 1.31 bits per heavy atom. The van der Waals surface area contributed by atoms with Crippen molar-refractivity contribution in [2.45, 2.75) is 38.6 Å². The predicted molar refractivity (Wildman–Crippen MR) is 100 cm³/mol. The third-order valence-corrected chi connectivity index (χ3v) is 4.65. The SMILES string of the molecule is CC(Oc1cccc(Cl)c1)C(=O)N1CCC(OCc2cccnc2)CC1. The van der Waals surface area contributed by atoms with E-state index < -0.39 is 6.10 Å². The molecule has 0 bridgehead atoms. The molecule has 2 aromatic rings. The fraction of sp³-hybridized carbons (Fsp3) is 0.400. The second-order valence-corrected chi connectivity index (χ2v) is 6.85. The maximum Gasteiger partial charge on any atom is 0.263 e. The molecule has 1 aliphatic rings. The van der Waals surface area contributed by atoms with E-state index in [1.165, 1.54) is 0 Å². The van der Waals surface area contributed by atoms with Gasteiger partial charge in [-0.05, 0) is 49.6 Å². The van der Waals surface area contributed by atoms with Gasteiger partial charge >= 0.3 is 0 Å². The van der Waals surface area contributed by atoms with Gasteiger partial charge in [-0.15, -0.1) is 0 Å². The smallest absolute Gasteiger partial charge is 0.263 e. The van der Waals surface area contributed by atoms with E-state index in [4.69, 9.17) is 21.1 Å². The minimum absolute atomic E-state index is 0.00400. The molecule has 1 amide bonds. The molecule has 3 rings (SSSR count). The second-order valence-electron chi connectivity index (χ2n) is 6.41. The van der Waals surface area contributed by atoms with E-state index in [1.54, 1.807) is 37.4 Å². The molecule has 1 atom stereocenters. The lowest BCUT2D eigenvalue weighted by Crippen LogP contribution is -2.46. The Labute approximate surface area is 158 Å². The number of piperidine rings is 1. The largest absolute Gasteiger partial charge is 0.481 e. The van der Waals surface area contributed by atoms with Gasteiger partial charge in [0, 0.05) is 30.5 Å². The van der Waals surface area contributed by atoms with Crippen LogP contribution in [0.2, 0.25) is 5.02 Å². The number of hydrogen-bond acceptors (Lipinski definition) is 4. The summed E-state index contributed by atoms with van der Waals surface area (Å²) in [4.78, 5) is 18.5. The van der Waals surface area contributed by atoms with Gasteiger partial charge in [0.15, 0.2) is 6.10 Å². The molecule has 26 heavy (non-hydrogen) atoms. The van der Waals surface area contributed by atoms with Gasteiger partial charge in [-0.2, -0.15) is 0 Å². The summed E-state index contributed by atoms with van der Waals surface area (Å²) in [5.74, 6) is 0.601. The first-order valence-electron chi connectivity index (χ1n) is 8.83. The van der Waals surface area contributed by atoms with E-state index in [1.807, 2.05) is 23.2 Å². The van der Waals surface area contributed by atoms with Gasteiger partial charge in [0.05, 0.1) is 12.7 Å². The number of likely N-dealkylation sites (tertiary alicyclic amines) is 1. The van der Waals surface area contributed by atoms with Crippen molar-refractivity contribution in [3.63, 3.8) is 0 Å². The Kier molecular flexibility index (Phi) is 6.47. The Morgan fingerprint density at radius 3 is 2.81 bits per heavy atom. The van der Waals surface area contributed by atoms with Gasteiger partial charge in [-0.25, -0.2) is 0 Å². The number of ether oxygens (including phenoxy) is 2. The number of aromatic nitrogens is 1. The molecule has 0 N–H and O–H groups in total. The third-order valence-electron chi connectivity index (χ3n) is 4.42. The summed E-state index contributed by atoms with van der Waals surface area (Å²) in [6.07, 6.45) is 4.85. The van der Waals surface area contributed by atoms with Gasteiger partial charge in [-0.3, -0.25) is 9.78 Å². The first-order chi connectivity index (χ1) is 12.6. The van der Waals surface area contributed by atoms with Gasteiger partial charge in [0.1, 0.15) is 5.75 Å². The van der Waals surface area contributed by atoms with Crippen molar-refractivity contribution in [3.8, 4) is 5.75 Å².